The predicted molar refractivity (Wildman–Crippen MR) is 91.3 cm³/mol. The van der Waals surface area contributed by atoms with E-state index < -0.39 is 0 Å². The third-order valence-electron chi connectivity index (χ3n) is 3.81. The van der Waals surface area contributed by atoms with Crippen LogP contribution >= 0.6 is 11.8 Å². The molecule has 0 aliphatic carbocycles. The molecule has 0 radical (unpaired) electrons. The lowest BCUT2D eigenvalue weighted by atomic mass is 10.1. The summed E-state index contributed by atoms with van der Waals surface area (Å²) in [7, 11) is 1.95. The standard InChI is InChI=1S/C17H23N3OS/c1-12-7-5-6-8-16(12)22-11-17(21)18-10-9-15-13(2)19-20(4)14(15)3/h5-8H,9-11H2,1-4H3,(H,18,21). The Kier molecular flexibility index (Phi) is 5.66. The van der Waals surface area contributed by atoms with Gasteiger partial charge in [-0.1, -0.05) is 18.2 Å². The first-order valence-electron chi connectivity index (χ1n) is 7.43. The first-order valence-corrected chi connectivity index (χ1v) is 8.41. The molecule has 1 aromatic heterocycles. The maximum atomic E-state index is 11.9. The van der Waals surface area contributed by atoms with Crippen LogP contribution in [0.5, 0.6) is 0 Å². The van der Waals surface area contributed by atoms with Crippen molar-refractivity contribution >= 4 is 17.7 Å². The molecule has 0 fully saturated rings. The number of benzene rings is 1. The van der Waals surface area contributed by atoms with Crippen LogP contribution in [0.3, 0.4) is 0 Å². The van der Waals surface area contributed by atoms with Gasteiger partial charge in [0.25, 0.3) is 0 Å². The molecule has 4 nitrogen and oxygen atoms in total. The smallest absolute Gasteiger partial charge is 0.230 e. The fraction of sp³-hybridized carbons (Fsp3) is 0.412. The quantitative estimate of drug-likeness (QED) is 0.833. The van der Waals surface area contributed by atoms with Crippen LogP contribution in [-0.2, 0) is 18.3 Å². The van der Waals surface area contributed by atoms with Gasteiger partial charge in [-0.25, -0.2) is 0 Å². The molecule has 0 aliphatic rings. The number of aromatic nitrogens is 2. The van der Waals surface area contributed by atoms with Crippen LogP contribution in [0.15, 0.2) is 29.2 Å². The lowest BCUT2D eigenvalue weighted by molar-refractivity contribution is -0.118. The van der Waals surface area contributed by atoms with Crippen molar-refractivity contribution in [2.75, 3.05) is 12.3 Å². The third-order valence-corrected chi connectivity index (χ3v) is 4.98. The number of aryl methyl sites for hydroxylation is 3. The fourth-order valence-corrected chi connectivity index (χ4v) is 3.28. The van der Waals surface area contributed by atoms with Gasteiger partial charge in [0.2, 0.25) is 5.91 Å². The van der Waals surface area contributed by atoms with E-state index in [1.54, 1.807) is 11.8 Å². The summed E-state index contributed by atoms with van der Waals surface area (Å²) in [5.74, 6) is 0.531. The second kappa shape index (κ2) is 7.49. The first kappa shape index (κ1) is 16.6. The Morgan fingerprint density at radius 3 is 2.64 bits per heavy atom. The van der Waals surface area contributed by atoms with Gasteiger partial charge in [-0.2, -0.15) is 5.10 Å². The fourth-order valence-electron chi connectivity index (χ4n) is 2.42. The summed E-state index contributed by atoms with van der Waals surface area (Å²) in [6.45, 7) is 6.79. The van der Waals surface area contributed by atoms with E-state index >= 15 is 0 Å². The topological polar surface area (TPSA) is 46.9 Å². The molecule has 0 spiro atoms. The Labute approximate surface area is 136 Å². The van der Waals surface area contributed by atoms with Gasteiger partial charge in [-0.15, -0.1) is 11.8 Å². The Morgan fingerprint density at radius 1 is 1.27 bits per heavy atom. The van der Waals surface area contributed by atoms with E-state index in [4.69, 9.17) is 0 Å². The average molecular weight is 317 g/mol. The average Bonchev–Trinajstić information content (AvgIpc) is 2.72. The van der Waals surface area contributed by atoms with Gasteiger partial charge in [0.05, 0.1) is 11.4 Å². The molecule has 0 aliphatic heterocycles. The normalized spacial score (nSPS) is 10.7. The minimum Gasteiger partial charge on any atom is -0.355 e. The number of nitrogens with one attached hydrogen (secondary N) is 1. The lowest BCUT2D eigenvalue weighted by Crippen LogP contribution is -2.27. The van der Waals surface area contributed by atoms with Gasteiger partial charge in [0, 0.05) is 24.2 Å². The summed E-state index contributed by atoms with van der Waals surface area (Å²) in [6.07, 6.45) is 0.826. The van der Waals surface area contributed by atoms with Crippen molar-refractivity contribution in [3.63, 3.8) is 0 Å². The highest BCUT2D eigenvalue weighted by Gasteiger charge is 2.10. The highest BCUT2D eigenvalue weighted by molar-refractivity contribution is 8.00. The Balaban J connectivity index is 1.78. The van der Waals surface area contributed by atoms with Crippen molar-refractivity contribution in [1.29, 1.82) is 0 Å². The summed E-state index contributed by atoms with van der Waals surface area (Å²) in [6, 6.07) is 8.13. The SMILES string of the molecule is Cc1ccccc1SCC(=O)NCCc1c(C)nn(C)c1C. The van der Waals surface area contributed by atoms with Gasteiger partial charge in [-0.3, -0.25) is 9.48 Å². The number of thioether (sulfide) groups is 1. The second-order valence-corrected chi connectivity index (χ2v) is 6.44. The molecule has 0 saturated heterocycles. The lowest BCUT2D eigenvalue weighted by Gasteiger charge is -2.07. The van der Waals surface area contributed by atoms with Crippen molar-refractivity contribution in [3.8, 4) is 0 Å². The van der Waals surface area contributed by atoms with E-state index in [1.807, 2.05) is 30.8 Å². The van der Waals surface area contributed by atoms with E-state index in [9.17, 15) is 4.79 Å². The molecule has 1 aromatic carbocycles. The Hall–Kier alpha value is -1.75. The van der Waals surface area contributed by atoms with E-state index in [-0.39, 0.29) is 5.91 Å². The predicted octanol–water partition coefficient (Wildman–Crippen LogP) is 2.80. The van der Waals surface area contributed by atoms with Crippen molar-refractivity contribution in [3.05, 3.63) is 46.8 Å². The molecule has 0 saturated carbocycles. The van der Waals surface area contributed by atoms with Crippen LogP contribution in [0.4, 0.5) is 0 Å². The van der Waals surface area contributed by atoms with Crippen LogP contribution < -0.4 is 5.32 Å². The zero-order chi connectivity index (χ0) is 16.1. The van der Waals surface area contributed by atoms with Crippen molar-refractivity contribution in [2.24, 2.45) is 7.05 Å². The third kappa shape index (κ3) is 4.13. The number of hydrogen-bond acceptors (Lipinski definition) is 3. The van der Waals surface area contributed by atoms with E-state index in [0.717, 1.165) is 17.0 Å². The zero-order valence-electron chi connectivity index (χ0n) is 13.6. The molecule has 5 heteroatoms. The summed E-state index contributed by atoms with van der Waals surface area (Å²) in [5, 5.41) is 7.38. The maximum absolute atomic E-state index is 11.9. The highest BCUT2D eigenvalue weighted by Crippen LogP contribution is 2.21. The van der Waals surface area contributed by atoms with Crippen LogP contribution in [0.2, 0.25) is 0 Å². The van der Waals surface area contributed by atoms with Crippen LogP contribution in [0, 0.1) is 20.8 Å². The number of hydrogen-bond donors (Lipinski definition) is 1. The number of carbonyl (C=O) groups excluding carboxylic acids is 1. The molecule has 0 atom stereocenters. The largest absolute Gasteiger partial charge is 0.355 e. The van der Waals surface area contributed by atoms with E-state index in [1.165, 1.54) is 16.8 Å². The van der Waals surface area contributed by atoms with Crippen LogP contribution in [0.1, 0.15) is 22.5 Å². The summed E-state index contributed by atoms with van der Waals surface area (Å²) in [4.78, 5) is 13.1. The summed E-state index contributed by atoms with van der Waals surface area (Å²) >= 11 is 1.58. The van der Waals surface area contributed by atoms with Crippen molar-refractivity contribution in [2.45, 2.75) is 32.1 Å². The Morgan fingerprint density at radius 2 is 2.00 bits per heavy atom. The summed E-state index contributed by atoms with van der Waals surface area (Å²) in [5.41, 5.74) is 4.65. The van der Waals surface area contributed by atoms with Crippen molar-refractivity contribution < 1.29 is 4.79 Å². The van der Waals surface area contributed by atoms with Gasteiger partial charge >= 0.3 is 0 Å². The highest BCUT2D eigenvalue weighted by atomic mass is 32.2. The molecule has 2 rings (SSSR count). The van der Waals surface area contributed by atoms with E-state index in [0.29, 0.717) is 12.3 Å². The molecule has 1 amide bonds. The molecule has 22 heavy (non-hydrogen) atoms. The molecule has 1 N–H and O–H groups in total. The number of nitrogens with zero attached hydrogens (tertiary/aromatic N) is 2. The maximum Gasteiger partial charge on any atom is 0.230 e. The summed E-state index contributed by atoms with van der Waals surface area (Å²) < 4.78 is 1.89. The molecule has 1 heterocycles. The van der Waals surface area contributed by atoms with Crippen molar-refractivity contribution in [1.82, 2.24) is 15.1 Å². The monoisotopic (exact) mass is 317 g/mol. The number of carbonyl (C=O) groups is 1. The molecule has 0 unspecified atom stereocenters. The van der Waals surface area contributed by atoms with Crippen LogP contribution in [-0.4, -0.2) is 28.0 Å². The van der Waals surface area contributed by atoms with Gasteiger partial charge < -0.3 is 5.32 Å². The molecular formula is C17H23N3OS. The Bertz CT molecular complexity index is 664. The van der Waals surface area contributed by atoms with Crippen LogP contribution in [0.25, 0.3) is 0 Å². The molecule has 2 aromatic rings. The minimum absolute atomic E-state index is 0.0763. The molecule has 0 bridgehead atoms. The molecule has 118 valence electrons. The van der Waals surface area contributed by atoms with Gasteiger partial charge in [0.15, 0.2) is 0 Å². The van der Waals surface area contributed by atoms with E-state index in [2.05, 4.69) is 36.4 Å². The van der Waals surface area contributed by atoms with Gasteiger partial charge in [-0.05, 0) is 44.4 Å². The number of rotatable bonds is 6. The molecular weight excluding hydrogens is 294 g/mol. The van der Waals surface area contributed by atoms with Gasteiger partial charge in [0.1, 0.15) is 0 Å². The number of amides is 1. The second-order valence-electron chi connectivity index (χ2n) is 5.43. The first-order chi connectivity index (χ1) is 10.5. The zero-order valence-corrected chi connectivity index (χ0v) is 14.5. The minimum atomic E-state index is 0.0763.